The third-order valence-corrected chi connectivity index (χ3v) is 4.15. The summed E-state index contributed by atoms with van der Waals surface area (Å²) in [6.07, 6.45) is 5.83. The molecule has 0 aliphatic heterocycles. The van der Waals surface area contributed by atoms with Gasteiger partial charge in [0.15, 0.2) is 0 Å². The van der Waals surface area contributed by atoms with Crippen molar-refractivity contribution in [3.8, 4) is 0 Å². The van der Waals surface area contributed by atoms with Crippen LogP contribution < -0.4 is 0 Å². The molecule has 0 saturated heterocycles. The molecule has 0 spiro atoms. The molecule has 0 amide bonds. The lowest BCUT2D eigenvalue weighted by Gasteiger charge is -2.28. The van der Waals surface area contributed by atoms with Crippen LogP contribution in [0.2, 0.25) is 0 Å². The van der Waals surface area contributed by atoms with Crippen LogP contribution in [-0.4, -0.2) is 18.9 Å². The number of aldehydes is 1. The lowest BCUT2D eigenvalue weighted by Crippen LogP contribution is -2.17. The Labute approximate surface area is 120 Å². The van der Waals surface area contributed by atoms with Crippen molar-refractivity contribution in [3.63, 3.8) is 0 Å². The van der Waals surface area contributed by atoms with Gasteiger partial charge in [-0.2, -0.15) is 0 Å². The highest BCUT2D eigenvalue weighted by Crippen LogP contribution is 2.37. The zero-order chi connectivity index (χ0) is 14.4. The second kappa shape index (κ2) is 7.22. The summed E-state index contributed by atoms with van der Waals surface area (Å²) in [6.45, 7) is 2.31. The molecular weight excluding hydrogens is 252 g/mol. The maximum absolute atomic E-state index is 11.5. The van der Waals surface area contributed by atoms with E-state index in [0.717, 1.165) is 37.5 Å². The molecule has 3 heteroatoms. The first-order valence-electron chi connectivity index (χ1n) is 7.43. The van der Waals surface area contributed by atoms with Crippen LogP contribution in [0, 0.1) is 5.92 Å². The quantitative estimate of drug-likeness (QED) is 0.607. The molecule has 1 fully saturated rings. The molecule has 1 aromatic rings. The van der Waals surface area contributed by atoms with Gasteiger partial charge < -0.3 is 4.74 Å². The molecule has 0 aromatic heterocycles. The molecule has 0 atom stereocenters. The summed E-state index contributed by atoms with van der Waals surface area (Å²) in [5, 5.41) is 0. The first-order valence-corrected chi connectivity index (χ1v) is 7.43. The number of rotatable bonds is 5. The van der Waals surface area contributed by atoms with Gasteiger partial charge in [0, 0.05) is 12.0 Å². The van der Waals surface area contributed by atoms with Crippen LogP contribution in [0.5, 0.6) is 0 Å². The van der Waals surface area contributed by atoms with Gasteiger partial charge in [0.2, 0.25) is 0 Å². The van der Waals surface area contributed by atoms with Crippen molar-refractivity contribution < 1.29 is 14.3 Å². The van der Waals surface area contributed by atoms with E-state index in [0.29, 0.717) is 24.9 Å². The monoisotopic (exact) mass is 274 g/mol. The number of hydrogen-bond acceptors (Lipinski definition) is 3. The number of benzene rings is 1. The number of hydrogen-bond donors (Lipinski definition) is 0. The molecular formula is C17H22O3. The maximum atomic E-state index is 11.5. The second-order valence-corrected chi connectivity index (χ2v) is 5.51. The predicted molar refractivity (Wildman–Crippen MR) is 77.8 cm³/mol. The summed E-state index contributed by atoms with van der Waals surface area (Å²) < 4.78 is 5.01. The molecule has 0 radical (unpaired) electrons. The lowest BCUT2D eigenvalue weighted by atomic mass is 9.77. The third kappa shape index (κ3) is 3.92. The molecule has 3 nitrogen and oxygen atoms in total. The van der Waals surface area contributed by atoms with E-state index < -0.39 is 0 Å². The van der Waals surface area contributed by atoms with E-state index in [1.807, 2.05) is 19.1 Å². The fourth-order valence-corrected chi connectivity index (χ4v) is 3.00. The molecule has 1 saturated carbocycles. The molecule has 0 unspecified atom stereocenters. The van der Waals surface area contributed by atoms with Gasteiger partial charge in [0.1, 0.15) is 6.29 Å². The molecule has 1 aromatic carbocycles. The van der Waals surface area contributed by atoms with Crippen LogP contribution in [0.15, 0.2) is 24.3 Å². The first-order chi connectivity index (χ1) is 9.72. The fraction of sp³-hybridized carbons (Fsp3) is 0.529. The summed E-state index contributed by atoms with van der Waals surface area (Å²) in [5.74, 6) is 0.972. The molecule has 0 heterocycles. The minimum atomic E-state index is -0.0636. The minimum Gasteiger partial charge on any atom is -0.466 e. The number of ether oxygens (including phenoxy) is 1. The zero-order valence-corrected chi connectivity index (χ0v) is 12.0. The largest absolute Gasteiger partial charge is 0.466 e. The molecule has 1 aliphatic carbocycles. The zero-order valence-electron chi connectivity index (χ0n) is 12.0. The van der Waals surface area contributed by atoms with Crippen molar-refractivity contribution in [3.05, 3.63) is 35.4 Å². The van der Waals surface area contributed by atoms with E-state index in [4.69, 9.17) is 4.74 Å². The van der Waals surface area contributed by atoms with Gasteiger partial charge in [-0.25, -0.2) is 0 Å². The van der Waals surface area contributed by atoms with Crippen molar-refractivity contribution in [2.45, 2.75) is 44.9 Å². The van der Waals surface area contributed by atoms with Crippen LogP contribution >= 0.6 is 0 Å². The Morgan fingerprint density at radius 3 is 2.40 bits per heavy atom. The van der Waals surface area contributed by atoms with Crippen LogP contribution in [0.1, 0.15) is 60.9 Å². The Balaban J connectivity index is 1.84. The second-order valence-electron chi connectivity index (χ2n) is 5.51. The summed E-state index contributed by atoms with van der Waals surface area (Å²) in [4.78, 5) is 22.1. The Morgan fingerprint density at radius 2 is 1.85 bits per heavy atom. The van der Waals surface area contributed by atoms with Crippen molar-refractivity contribution in [2.75, 3.05) is 6.61 Å². The Kier molecular flexibility index (Phi) is 5.33. The number of esters is 1. The van der Waals surface area contributed by atoms with Crippen molar-refractivity contribution in [1.29, 1.82) is 0 Å². The topological polar surface area (TPSA) is 43.4 Å². The van der Waals surface area contributed by atoms with Crippen molar-refractivity contribution in [1.82, 2.24) is 0 Å². The van der Waals surface area contributed by atoms with E-state index >= 15 is 0 Å². The molecule has 0 bridgehead atoms. The van der Waals surface area contributed by atoms with Gasteiger partial charge in [-0.1, -0.05) is 24.3 Å². The standard InChI is InChI=1S/C17H22O3/c1-2-20-17(19)11-13-3-7-15(8-4-13)16-9-5-14(12-18)6-10-16/h5-6,9-10,12-13,15H,2-4,7-8,11H2,1H3. The molecule has 2 rings (SSSR count). The van der Waals surface area contributed by atoms with Crippen LogP contribution in [0.25, 0.3) is 0 Å². The summed E-state index contributed by atoms with van der Waals surface area (Å²) in [6, 6.07) is 7.88. The van der Waals surface area contributed by atoms with Gasteiger partial charge in [-0.15, -0.1) is 0 Å². The normalized spacial score (nSPS) is 22.2. The van der Waals surface area contributed by atoms with Gasteiger partial charge >= 0.3 is 5.97 Å². The van der Waals surface area contributed by atoms with E-state index in [2.05, 4.69) is 12.1 Å². The average molecular weight is 274 g/mol. The highest BCUT2D eigenvalue weighted by Gasteiger charge is 2.24. The maximum Gasteiger partial charge on any atom is 0.306 e. The highest BCUT2D eigenvalue weighted by molar-refractivity contribution is 5.74. The van der Waals surface area contributed by atoms with Gasteiger partial charge in [0.05, 0.1) is 6.61 Å². The number of carbonyl (C=O) groups excluding carboxylic acids is 2. The summed E-state index contributed by atoms with van der Waals surface area (Å²) in [5.41, 5.74) is 2.04. The summed E-state index contributed by atoms with van der Waals surface area (Å²) in [7, 11) is 0. The average Bonchev–Trinajstić information content (AvgIpc) is 2.48. The Hall–Kier alpha value is -1.64. The highest BCUT2D eigenvalue weighted by atomic mass is 16.5. The van der Waals surface area contributed by atoms with E-state index in [1.54, 1.807) is 0 Å². The van der Waals surface area contributed by atoms with Gasteiger partial charge in [-0.3, -0.25) is 9.59 Å². The van der Waals surface area contributed by atoms with Crippen molar-refractivity contribution in [2.24, 2.45) is 5.92 Å². The van der Waals surface area contributed by atoms with E-state index in [-0.39, 0.29) is 5.97 Å². The molecule has 0 N–H and O–H groups in total. The van der Waals surface area contributed by atoms with Crippen LogP contribution in [-0.2, 0) is 9.53 Å². The summed E-state index contributed by atoms with van der Waals surface area (Å²) >= 11 is 0. The SMILES string of the molecule is CCOC(=O)CC1CCC(c2ccc(C=O)cc2)CC1. The van der Waals surface area contributed by atoms with E-state index in [9.17, 15) is 9.59 Å². The third-order valence-electron chi connectivity index (χ3n) is 4.15. The van der Waals surface area contributed by atoms with Crippen LogP contribution in [0.4, 0.5) is 0 Å². The fourth-order valence-electron chi connectivity index (χ4n) is 3.00. The lowest BCUT2D eigenvalue weighted by molar-refractivity contribution is -0.144. The predicted octanol–water partition coefficient (Wildman–Crippen LogP) is 3.73. The van der Waals surface area contributed by atoms with Gasteiger partial charge in [-0.05, 0) is 50.0 Å². The smallest absolute Gasteiger partial charge is 0.306 e. The minimum absolute atomic E-state index is 0.0636. The molecule has 20 heavy (non-hydrogen) atoms. The Morgan fingerprint density at radius 1 is 1.20 bits per heavy atom. The van der Waals surface area contributed by atoms with Crippen molar-refractivity contribution >= 4 is 12.3 Å². The Bertz CT molecular complexity index is 442. The molecule has 1 aliphatic rings. The van der Waals surface area contributed by atoms with Crippen LogP contribution in [0.3, 0.4) is 0 Å². The first kappa shape index (κ1) is 14.8. The van der Waals surface area contributed by atoms with E-state index in [1.165, 1.54) is 5.56 Å². The van der Waals surface area contributed by atoms with Gasteiger partial charge in [0.25, 0.3) is 0 Å². The molecule has 108 valence electrons. The number of carbonyl (C=O) groups is 2.